The Labute approximate surface area is 107 Å². The number of hydrogen-bond donors (Lipinski definition) is 0. The van der Waals surface area contributed by atoms with E-state index < -0.39 is 5.97 Å². The zero-order valence-corrected chi connectivity index (χ0v) is 11.3. The number of carbonyl (C=O) groups is 1. The lowest BCUT2D eigenvalue weighted by Gasteiger charge is -2.23. The monoisotopic (exact) mass is 253 g/mol. The molecule has 0 saturated heterocycles. The molecule has 0 spiro atoms. The van der Waals surface area contributed by atoms with E-state index in [4.69, 9.17) is 10.00 Å². The Morgan fingerprint density at radius 2 is 2.35 bits per heavy atom. The zero-order chi connectivity index (χ0) is 12.7. The molecule has 0 bridgehead atoms. The summed E-state index contributed by atoms with van der Waals surface area (Å²) in [6.45, 7) is 4.22. The number of thioether (sulfide) groups is 1. The van der Waals surface area contributed by atoms with Gasteiger partial charge in [-0.05, 0) is 43.9 Å². The molecule has 1 rings (SSSR count). The van der Waals surface area contributed by atoms with Gasteiger partial charge in [0, 0.05) is 5.25 Å². The van der Waals surface area contributed by atoms with Gasteiger partial charge in [0.25, 0.3) is 0 Å². The molecule has 3 nitrogen and oxygen atoms in total. The van der Waals surface area contributed by atoms with Gasteiger partial charge in [-0.15, -0.1) is 0 Å². The summed E-state index contributed by atoms with van der Waals surface area (Å²) in [6, 6.07) is 2.01. The number of nitriles is 1. The Balaban J connectivity index is 2.78. The summed E-state index contributed by atoms with van der Waals surface area (Å²) in [7, 11) is 0. The number of esters is 1. The second kappa shape index (κ2) is 7.39. The Morgan fingerprint density at radius 3 is 2.94 bits per heavy atom. The summed E-state index contributed by atoms with van der Waals surface area (Å²) >= 11 is 1.91. The molecule has 1 fully saturated rings. The van der Waals surface area contributed by atoms with E-state index in [0.29, 0.717) is 11.9 Å². The Morgan fingerprint density at radius 1 is 1.59 bits per heavy atom. The van der Waals surface area contributed by atoms with E-state index in [2.05, 4.69) is 6.92 Å². The fourth-order valence-electron chi connectivity index (χ4n) is 2.10. The standard InChI is InChI=1S/C13H19NO2S/c1-3-16-13(15)12(9-14)10-6-5-7-11(8-10)17-4-2/h11H,3-8H2,1-2H3. The Hall–Kier alpha value is -0.950. The second-order valence-electron chi connectivity index (χ2n) is 3.98. The van der Waals surface area contributed by atoms with Crippen molar-refractivity contribution < 1.29 is 9.53 Å². The number of allylic oxidation sites excluding steroid dienone is 1. The highest BCUT2D eigenvalue weighted by Gasteiger charge is 2.23. The summed E-state index contributed by atoms with van der Waals surface area (Å²) in [5.41, 5.74) is 1.23. The Bertz CT molecular complexity index is 342. The van der Waals surface area contributed by atoms with E-state index in [1.165, 1.54) is 6.42 Å². The molecule has 0 aromatic heterocycles. The van der Waals surface area contributed by atoms with Crippen LogP contribution in [0.3, 0.4) is 0 Å². The summed E-state index contributed by atoms with van der Waals surface area (Å²) < 4.78 is 4.92. The first-order valence-corrected chi connectivity index (χ1v) is 7.18. The molecule has 0 heterocycles. The highest BCUT2D eigenvalue weighted by Crippen LogP contribution is 2.33. The fraction of sp³-hybridized carbons (Fsp3) is 0.692. The zero-order valence-electron chi connectivity index (χ0n) is 10.5. The van der Waals surface area contributed by atoms with Crippen molar-refractivity contribution in [2.24, 2.45) is 0 Å². The van der Waals surface area contributed by atoms with E-state index in [1.807, 2.05) is 17.8 Å². The van der Waals surface area contributed by atoms with Crippen LogP contribution in [0.4, 0.5) is 0 Å². The third kappa shape index (κ3) is 4.08. The molecule has 0 aromatic carbocycles. The number of rotatable bonds is 4. The van der Waals surface area contributed by atoms with Crippen LogP contribution in [0.25, 0.3) is 0 Å². The number of nitrogens with zero attached hydrogens (tertiary/aromatic N) is 1. The maximum atomic E-state index is 11.6. The molecule has 1 saturated carbocycles. The molecule has 0 aliphatic heterocycles. The minimum Gasteiger partial charge on any atom is -0.462 e. The third-order valence-corrected chi connectivity index (χ3v) is 4.03. The van der Waals surface area contributed by atoms with Gasteiger partial charge in [-0.3, -0.25) is 0 Å². The van der Waals surface area contributed by atoms with Crippen LogP contribution in [0.2, 0.25) is 0 Å². The van der Waals surface area contributed by atoms with Crippen molar-refractivity contribution in [1.29, 1.82) is 5.26 Å². The topological polar surface area (TPSA) is 50.1 Å². The lowest BCUT2D eigenvalue weighted by Crippen LogP contribution is -2.16. The van der Waals surface area contributed by atoms with Crippen molar-refractivity contribution in [2.45, 2.75) is 44.8 Å². The molecule has 4 heteroatoms. The molecule has 94 valence electrons. The van der Waals surface area contributed by atoms with Crippen molar-refractivity contribution in [3.8, 4) is 6.07 Å². The van der Waals surface area contributed by atoms with Crippen LogP contribution in [0, 0.1) is 11.3 Å². The average molecular weight is 253 g/mol. The lowest BCUT2D eigenvalue weighted by molar-refractivity contribution is -0.138. The smallest absolute Gasteiger partial charge is 0.348 e. The number of ether oxygens (including phenoxy) is 1. The van der Waals surface area contributed by atoms with Gasteiger partial charge in [0.1, 0.15) is 11.6 Å². The first-order valence-electron chi connectivity index (χ1n) is 6.13. The second-order valence-corrected chi connectivity index (χ2v) is 5.56. The van der Waals surface area contributed by atoms with Crippen LogP contribution in [-0.2, 0) is 9.53 Å². The summed E-state index contributed by atoms with van der Waals surface area (Å²) in [5.74, 6) is 0.631. The molecular weight excluding hydrogens is 234 g/mol. The van der Waals surface area contributed by atoms with Crippen molar-refractivity contribution >= 4 is 17.7 Å². The van der Waals surface area contributed by atoms with Gasteiger partial charge in [-0.2, -0.15) is 17.0 Å². The van der Waals surface area contributed by atoms with Crippen LogP contribution in [-0.4, -0.2) is 23.6 Å². The van der Waals surface area contributed by atoms with Gasteiger partial charge < -0.3 is 4.74 Å². The van der Waals surface area contributed by atoms with Gasteiger partial charge in [0.05, 0.1) is 6.61 Å². The molecule has 1 unspecified atom stereocenters. The van der Waals surface area contributed by atoms with E-state index in [1.54, 1.807) is 6.92 Å². The van der Waals surface area contributed by atoms with Crippen LogP contribution >= 0.6 is 11.8 Å². The molecule has 17 heavy (non-hydrogen) atoms. The highest BCUT2D eigenvalue weighted by atomic mass is 32.2. The van der Waals surface area contributed by atoms with Crippen LogP contribution in [0.15, 0.2) is 11.1 Å². The molecule has 0 N–H and O–H groups in total. The van der Waals surface area contributed by atoms with Gasteiger partial charge in [-0.1, -0.05) is 6.92 Å². The van der Waals surface area contributed by atoms with Crippen LogP contribution in [0.5, 0.6) is 0 Å². The number of hydrogen-bond acceptors (Lipinski definition) is 4. The maximum Gasteiger partial charge on any atom is 0.348 e. The van der Waals surface area contributed by atoms with E-state index >= 15 is 0 Å². The first kappa shape index (κ1) is 14.1. The normalized spacial score (nSPS) is 22.8. The van der Waals surface area contributed by atoms with Gasteiger partial charge in [-0.25, -0.2) is 4.79 Å². The largest absolute Gasteiger partial charge is 0.462 e. The van der Waals surface area contributed by atoms with E-state index in [9.17, 15) is 4.79 Å². The summed E-state index contributed by atoms with van der Waals surface area (Å²) in [4.78, 5) is 11.6. The first-order chi connectivity index (χ1) is 8.22. The average Bonchev–Trinajstić information content (AvgIpc) is 2.31. The fourth-order valence-corrected chi connectivity index (χ4v) is 3.22. The van der Waals surface area contributed by atoms with Gasteiger partial charge in [0.15, 0.2) is 0 Å². The van der Waals surface area contributed by atoms with Crippen LogP contribution in [0.1, 0.15) is 39.5 Å². The third-order valence-electron chi connectivity index (χ3n) is 2.83. The molecule has 1 aliphatic rings. The molecule has 0 radical (unpaired) electrons. The predicted molar refractivity (Wildman–Crippen MR) is 69.7 cm³/mol. The highest BCUT2D eigenvalue weighted by molar-refractivity contribution is 7.99. The van der Waals surface area contributed by atoms with Crippen molar-refractivity contribution in [3.05, 3.63) is 11.1 Å². The van der Waals surface area contributed by atoms with Crippen molar-refractivity contribution in [2.75, 3.05) is 12.4 Å². The molecule has 0 amide bonds. The van der Waals surface area contributed by atoms with Gasteiger partial charge >= 0.3 is 5.97 Å². The predicted octanol–water partition coefficient (Wildman–Crippen LogP) is 3.07. The minimum atomic E-state index is -0.452. The van der Waals surface area contributed by atoms with Crippen molar-refractivity contribution in [3.63, 3.8) is 0 Å². The minimum absolute atomic E-state index is 0.244. The summed E-state index contributed by atoms with van der Waals surface area (Å²) in [6.07, 6.45) is 3.98. The quantitative estimate of drug-likeness (QED) is 0.439. The summed E-state index contributed by atoms with van der Waals surface area (Å²) in [5, 5.41) is 9.63. The lowest BCUT2D eigenvalue weighted by atomic mass is 9.91. The van der Waals surface area contributed by atoms with E-state index in [-0.39, 0.29) is 5.57 Å². The SMILES string of the molecule is CCOC(=O)C(C#N)=C1CCCC(SCC)C1. The molecule has 1 aliphatic carbocycles. The Kier molecular flexibility index (Phi) is 6.13. The number of carbonyl (C=O) groups excluding carboxylic acids is 1. The maximum absolute atomic E-state index is 11.6. The van der Waals surface area contributed by atoms with E-state index in [0.717, 1.165) is 30.6 Å². The van der Waals surface area contributed by atoms with Gasteiger partial charge in [0.2, 0.25) is 0 Å². The van der Waals surface area contributed by atoms with Crippen molar-refractivity contribution in [1.82, 2.24) is 0 Å². The molecule has 0 aromatic rings. The van der Waals surface area contributed by atoms with Crippen LogP contribution < -0.4 is 0 Å². The molecule has 1 atom stereocenters. The molecular formula is C13H19NO2S.